The van der Waals surface area contributed by atoms with Crippen molar-refractivity contribution in [1.82, 2.24) is 9.62 Å². The number of nitrogens with one attached hydrogen (secondary N) is 1. The number of methoxy groups -OCH3 is 3. The van der Waals surface area contributed by atoms with Crippen LogP contribution in [0, 0.1) is 0 Å². The molecule has 0 spiro atoms. The van der Waals surface area contributed by atoms with Crippen LogP contribution >= 0.6 is 0 Å². The van der Waals surface area contributed by atoms with E-state index in [1.54, 1.807) is 12.1 Å². The molecule has 158 valence electrons. The van der Waals surface area contributed by atoms with Crippen molar-refractivity contribution in [3.05, 3.63) is 29.8 Å². The molecule has 12 nitrogen and oxygen atoms in total. The Morgan fingerprint density at radius 2 is 1.70 bits per heavy atom. The summed E-state index contributed by atoms with van der Waals surface area (Å²) in [5, 5.41) is 0. The number of hydrogen-bond donors (Lipinski definition) is 1. The number of esters is 1. The molecule has 0 aromatic heterocycles. The summed E-state index contributed by atoms with van der Waals surface area (Å²) in [4.78, 5) is 39.4. The summed E-state index contributed by atoms with van der Waals surface area (Å²) in [5.74, 6) is -0.878. The van der Waals surface area contributed by atoms with E-state index in [2.05, 4.69) is 0 Å². The van der Waals surface area contributed by atoms with Crippen LogP contribution in [0.4, 0.5) is 15.3 Å². The van der Waals surface area contributed by atoms with E-state index in [4.69, 9.17) is 14.2 Å². The second kappa shape index (κ2) is 8.69. The normalized spacial score (nSPS) is 24.4. The molecule has 1 aromatic carbocycles. The van der Waals surface area contributed by atoms with E-state index in [1.807, 2.05) is 4.72 Å². The molecule has 2 heterocycles. The quantitative estimate of drug-likeness (QED) is 0.217. The first-order chi connectivity index (χ1) is 13.6. The molecule has 0 bridgehead atoms. The Kier molecular flexibility index (Phi) is 7.06. The van der Waals surface area contributed by atoms with E-state index in [-0.39, 0.29) is 47.2 Å². The van der Waals surface area contributed by atoms with E-state index < -0.39 is 46.2 Å². The molecule has 0 radical (unpaired) electrons. The van der Waals surface area contributed by atoms with Crippen molar-refractivity contribution in [3.8, 4) is 0 Å². The van der Waals surface area contributed by atoms with Crippen LogP contribution in [-0.4, -0.2) is 69.6 Å². The molecule has 14 heteroatoms. The minimum absolute atomic E-state index is 0. The molecule has 1 saturated heterocycles. The first kappa shape index (κ1) is 24.4. The van der Waals surface area contributed by atoms with Gasteiger partial charge >= 0.3 is 47.7 Å². The Morgan fingerprint density at radius 3 is 2.23 bits per heavy atom. The van der Waals surface area contributed by atoms with Crippen molar-refractivity contribution in [2.75, 3.05) is 26.2 Å². The number of hydrogen-bond acceptors (Lipinski definition) is 9. The monoisotopic (exact) mass is 451 g/mol. The standard InChI is InChI=1S/C16H19N3O9S.Na/c1-26-12(20)11-8-16(17-29(23,24)25)9-6-4-5-7-10(9)18(14(21)27-2)13(16)19(11)15(22)28-3;/h4-7,11,13,17H,8H2,1-3H3,(H,23,24,25);/q;+1/p-1/t11-,13+,16-;/m0./s1. The van der Waals surface area contributed by atoms with Gasteiger partial charge < -0.3 is 18.8 Å². The second-order valence-corrected chi connectivity index (χ2v) is 7.49. The van der Waals surface area contributed by atoms with Crippen LogP contribution in [0.1, 0.15) is 12.0 Å². The average molecular weight is 451 g/mol. The Balaban J connectivity index is 0.00000320. The fraction of sp³-hybridized carbons (Fsp3) is 0.438. The predicted octanol–water partition coefficient (Wildman–Crippen LogP) is -3.14. The maximum atomic E-state index is 12.6. The van der Waals surface area contributed by atoms with Gasteiger partial charge in [-0.15, -0.1) is 0 Å². The molecular weight excluding hydrogens is 433 g/mol. The van der Waals surface area contributed by atoms with E-state index in [9.17, 15) is 27.4 Å². The molecule has 2 aliphatic rings. The number of amides is 2. The van der Waals surface area contributed by atoms with Crippen molar-refractivity contribution < 1.29 is 71.1 Å². The fourth-order valence-corrected chi connectivity index (χ4v) is 4.78. The van der Waals surface area contributed by atoms with Crippen LogP contribution in [0.3, 0.4) is 0 Å². The van der Waals surface area contributed by atoms with Crippen molar-refractivity contribution in [2.24, 2.45) is 0 Å². The van der Waals surface area contributed by atoms with Crippen molar-refractivity contribution in [3.63, 3.8) is 0 Å². The zero-order valence-corrected chi connectivity index (χ0v) is 19.5. The Bertz CT molecular complexity index is 972. The van der Waals surface area contributed by atoms with Crippen LogP contribution in [0.15, 0.2) is 24.3 Å². The van der Waals surface area contributed by atoms with Gasteiger partial charge in [-0.2, -0.15) is 0 Å². The van der Waals surface area contributed by atoms with E-state index in [0.29, 0.717) is 0 Å². The molecule has 0 aliphatic carbocycles. The topological polar surface area (TPSA) is 155 Å². The molecule has 1 fully saturated rings. The number of carbonyl (C=O) groups is 3. The molecule has 0 saturated carbocycles. The number of para-hydroxylation sites is 1. The number of likely N-dealkylation sites (tertiary alicyclic amines) is 1. The third-order valence-corrected chi connectivity index (χ3v) is 5.60. The maximum absolute atomic E-state index is 12.6. The summed E-state index contributed by atoms with van der Waals surface area (Å²) in [5.41, 5.74) is -1.40. The molecule has 30 heavy (non-hydrogen) atoms. The summed E-state index contributed by atoms with van der Waals surface area (Å²) < 4.78 is 51.4. The zero-order chi connectivity index (χ0) is 21.6. The van der Waals surface area contributed by atoms with Gasteiger partial charge in [-0.3, -0.25) is 9.80 Å². The second-order valence-electron chi connectivity index (χ2n) is 6.38. The number of ether oxygens (including phenoxy) is 3. The summed E-state index contributed by atoms with van der Waals surface area (Å²) in [6.07, 6.45) is -3.79. The fourth-order valence-electron chi connectivity index (χ4n) is 4.04. The largest absolute Gasteiger partial charge is 1.00 e. The van der Waals surface area contributed by atoms with Crippen LogP contribution in [0.5, 0.6) is 0 Å². The summed E-state index contributed by atoms with van der Waals surface area (Å²) in [7, 11) is -1.86. The van der Waals surface area contributed by atoms with Gasteiger partial charge in [0.2, 0.25) is 0 Å². The molecule has 3 atom stereocenters. The van der Waals surface area contributed by atoms with Crippen LogP contribution in [0.25, 0.3) is 0 Å². The van der Waals surface area contributed by atoms with Crippen molar-refractivity contribution in [2.45, 2.75) is 24.2 Å². The predicted molar refractivity (Wildman–Crippen MR) is 94.3 cm³/mol. The van der Waals surface area contributed by atoms with E-state index >= 15 is 0 Å². The average Bonchev–Trinajstić information content (AvgIpc) is 3.13. The number of anilines is 1. The molecule has 2 aliphatic heterocycles. The van der Waals surface area contributed by atoms with E-state index in [1.165, 1.54) is 12.1 Å². The zero-order valence-electron chi connectivity index (χ0n) is 16.6. The van der Waals surface area contributed by atoms with Crippen LogP contribution < -0.4 is 39.2 Å². The van der Waals surface area contributed by atoms with Crippen molar-refractivity contribution in [1.29, 1.82) is 0 Å². The summed E-state index contributed by atoms with van der Waals surface area (Å²) >= 11 is 0. The third-order valence-electron chi connectivity index (χ3n) is 4.98. The molecule has 2 amide bonds. The van der Waals surface area contributed by atoms with Gasteiger partial charge in [0, 0.05) is 12.0 Å². The number of rotatable bonds is 3. The molecule has 1 aromatic rings. The van der Waals surface area contributed by atoms with Gasteiger partial charge in [0.05, 0.1) is 27.0 Å². The minimum Gasteiger partial charge on any atom is -0.735 e. The van der Waals surface area contributed by atoms with Gasteiger partial charge in [0.15, 0.2) is 10.3 Å². The maximum Gasteiger partial charge on any atom is 1.00 e. The molecular formula is C16H18N3NaO9S. The number of fused-ring (bicyclic) bond motifs is 3. The Hall–Kier alpha value is -1.90. The first-order valence-electron chi connectivity index (χ1n) is 8.27. The van der Waals surface area contributed by atoms with Crippen LogP contribution in [-0.2, 0) is 34.8 Å². The van der Waals surface area contributed by atoms with Gasteiger partial charge in [-0.05, 0) is 6.07 Å². The molecule has 1 N–H and O–H groups in total. The molecule has 3 rings (SSSR count). The minimum atomic E-state index is -5.09. The van der Waals surface area contributed by atoms with E-state index in [0.717, 1.165) is 31.1 Å². The van der Waals surface area contributed by atoms with Crippen molar-refractivity contribution >= 4 is 34.1 Å². The molecule has 0 unspecified atom stereocenters. The number of benzene rings is 1. The number of carbonyl (C=O) groups excluding carboxylic acids is 3. The van der Waals surface area contributed by atoms with Gasteiger partial charge in [-0.1, -0.05) is 18.2 Å². The third kappa shape index (κ3) is 3.76. The summed E-state index contributed by atoms with van der Waals surface area (Å²) in [6.45, 7) is 0. The smallest absolute Gasteiger partial charge is 0.735 e. The summed E-state index contributed by atoms with van der Waals surface area (Å²) in [6, 6.07) is 4.78. The Morgan fingerprint density at radius 1 is 1.10 bits per heavy atom. The number of nitrogens with zero attached hydrogens (tertiary/aromatic N) is 2. The van der Waals surface area contributed by atoms with Gasteiger partial charge in [-0.25, -0.2) is 27.5 Å². The van der Waals surface area contributed by atoms with Gasteiger partial charge in [0.25, 0.3) is 0 Å². The Labute approximate surface area is 194 Å². The van der Waals surface area contributed by atoms with Crippen LogP contribution in [0.2, 0.25) is 0 Å². The SMILES string of the molecule is COC(=O)[C@@H]1C[C@]2(NS(=O)(=O)[O-])c3ccccc3N(C(=O)OC)[C@@H]2N1C(=O)OC.[Na+]. The van der Waals surface area contributed by atoms with Gasteiger partial charge in [0.1, 0.15) is 17.7 Å². The first-order valence-corrected chi connectivity index (χ1v) is 9.67.